The SMILES string of the molecule is COc1ccc(OCCN2C(=O)C(=O)/C(=C(\O)c3cccc(OCC(C)C)c3)C2c2ccc(OC)cc2)cc1. The van der Waals surface area contributed by atoms with Crippen molar-refractivity contribution in [3.8, 4) is 23.0 Å². The Morgan fingerprint density at radius 2 is 1.46 bits per heavy atom. The molecule has 1 atom stereocenters. The van der Waals surface area contributed by atoms with E-state index in [-0.39, 0.29) is 24.5 Å². The van der Waals surface area contributed by atoms with Crippen LogP contribution in [0, 0.1) is 5.92 Å². The van der Waals surface area contributed by atoms with Gasteiger partial charge in [0, 0.05) is 5.56 Å². The van der Waals surface area contributed by atoms with E-state index < -0.39 is 17.7 Å². The summed E-state index contributed by atoms with van der Waals surface area (Å²) in [6.07, 6.45) is 0. The third-order valence-electron chi connectivity index (χ3n) is 6.32. The van der Waals surface area contributed by atoms with E-state index >= 15 is 0 Å². The highest BCUT2D eigenvalue weighted by Crippen LogP contribution is 2.40. The minimum Gasteiger partial charge on any atom is -0.507 e. The molecule has 1 unspecified atom stereocenters. The lowest BCUT2D eigenvalue weighted by Crippen LogP contribution is -2.33. The number of nitrogens with zero attached hydrogens (tertiary/aromatic N) is 1. The van der Waals surface area contributed by atoms with Crippen molar-refractivity contribution < 1.29 is 33.6 Å². The summed E-state index contributed by atoms with van der Waals surface area (Å²) in [4.78, 5) is 28.0. The van der Waals surface area contributed by atoms with Crippen LogP contribution in [0.3, 0.4) is 0 Å². The summed E-state index contributed by atoms with van der Waals surface area (Å²) in [5, 5.41) is 11.4. The first kappa shape index (κ1) is 27.6. The maximum absolute atomic E-state index is 13.3. The van der Waals surface area contributed by atoms with Crippen molar-refractivity contribution in [3.05, 3.63) is 89.5 Å². The molecule has 0 radical (unpaired) electrons. The highest BCUT2D eigenvalue weighted by molar-refractivity contribution is 6.46. The number of methoxy groups -OCH3 is 2. The van der Waals surface area contributed by atoms with E-state index in [4.69, 9.17) is 18.9 Å². The van der Waals surface area contributed by atoms with Crippen LogP contribution in [0.2, 0.25) is 0 Å². The molecule has 0 aliphatic carbocycles. The fourth-order valence-corrected chi connectivity index (χ4v) is 4.33. The number of ketones is 1. The van der Waals surface area contributed by atoms with Gasteiger partial charge in [0.15, 0.2) is 0 Å². The molecular formula is C31H33NO7. The van der Waals surface area contributed by atoms with Crippen LogP contribution in [0.15, 0.2) is 78.4 Å². The van der Waals surface area contributed by atoms with Crippen LogP contribution in [0.5, 0.6) is 23.0 Å². The van der Waals surface area contributed by atoms with Gasteiger partial charge in [0.2, 0.25) is 0 Å². The van der Waals surface area contributed by atoms with E-state index in [1.807, 2.05) is 13.8 Å². The van der Waals surface area contributed by atoms with Gasteiger partial charge in [-0.25, -0.2) is 0 Å². The standard InChI is InChI=1S/C31H33NO7/c1-20(2)19-39-26-7-5-6-22(18-26)29(33)27-28(21-8-10-23(36-3)11-9-21)32(31(35)30(27)34)16-17-38-25-14-12-24(37-4)13-15-25/h5-15,18,20,28,33H,16-17,19H2,1-4H3/b29-27-. The lowest BCUT2D eigenvalue weighted by molar-refractivity contribution is -0.140. The summed E-state index contributed by atoms with van der Waals surface area (Å²) in [6.45, 7) is 4.86. The second-order valence-electron chi connectivity index (χ2n) is 9.52. The first-order valence-electron chi connectivity index (χ1n) is 12.7. The van der Waals surface area contributed by atoms with Crippen LogP contribution < -0.4 is 18.9 Å². The Kier molecular flexibility index (Phi) is 8.76. The summed E-state index contributed by atoms with van der Waals surface area (Å²) in [7, 11) is 3.15. The van der Waals surface area contributed by atoms with Crippen LogP contribution in [0.1, 0.15) is 31.0 Å². The summed E-state index contributed by atoms with van der Waals surface area (Å²) in [6, 6.07) is 20.2. The Hall–Kier alpha value is -4.46. The van der Waals surface area contributed by atoms with Crippen molar-refractivity contribution in [2.24, 2.45) is 5.92 Å². The van der Waals surface area contributed by atoms with Crippen LogP contribution in [0.4, 0.5) is 0 Å². The smallest absolute Gasteiger partial charge is 0.295 e. The number of aliphatic hydroxyl groups excluding tert-OH is 1. The third kappa shape index (κ3) is 6.34. The second-order valence-corrected chi connectivity index (χ2v) is 9.52. The molecule has 8 nitrogen and oxygen atoms in total. The zero-order valence-corrected chi connectivity index (χ0v) is 22.5. The molecule has 1 N–H and O–H groups in total. The maximum atomic E-state index is 13.3. The van der Waals surface area contributed by atoms with Crippen molar-refractivity contribution in [1.29, 1.82) is 0 Å². The maximum Gasteiger partial charge on any atom is 0.295 e. The van der Waals surface area contributed by atoms with Gasteiger partial charge < -0.3 is 29.0 Å². The molecule has 1 aliphatic rings. The molecule has 39 heavy (non-hydrogen) atoms. The van der Waals surface area contributed by atoms with E-state index in [1.54, 1.807) is 87.0 Å². The van der Waals surface area contributed by atoms with Gasteiger partial charge in [-0.1, -0.05) is 38.1 Å². The average Bonchev–Trinajstić information content (AvgIpc) is 3.21. The highest BCUT2D eigenvalue weighted by atomic mass is 16.5. The number of carbonyl (C=O) groups is 2. The summed E-state index contributed by atoms with van der Waals surface area (Å²) in [5.74, 6) is 1.10. The molecular weight excluding hydrogens is 498 g/mol. The molecule has 0 bridgehead atoms. The first-order valence-corrected chi connectivity index (χ1v) is 12.7. The molecule has 8 heteroatoms. The average molecular weight is 532 g/mol. The van der Waals surface area contributed by atoms with Crippen LogP contribution >= 0.6 is 0 Å². The lowest BCUT2D eigenvalue weighted by atomic mass is 9.95. The van der Waals surface area contributed by atoms with Gasteiger partial charge in [-0.15, -0.1) is 0 Å². The van der Waals surface area contributed by atoms with Crippen molar-refractivity contribution in [3.63, 3.8) is 0 Å². The Morgan fingerprint density at radius 1 is 0.846 bits per heavy atom. The topological polar surface area (TPSA) is 94.5 Å². The summed E-state index contributed by atoms with van der Waals surface area (Å²) < 4.78 is 22.1. The zero-order valence-electron chi connectivity index (χ0n) is 22.5. The molecule has 0 saturated carbocycles. The van der Waals surface area contributed by atoms with Crippen molar-refractivity contribution in [2.75, 3.05) is 34.0 Å². The number of hydrogen-bond donors (Lipinski definition) is 1. The minimum atomic E-state index is -0.810. The van der Waals surface area contributed by atoms with Gasteiger partial charge in [-0.2, -0.15) is 0 Å². The zero-order chi connectivity index (χ0) is 27.9. The van der Waals surface area contributed by atoms with Gasteiger partial charge in [0.25, 0.3) is 11.7 Å². The molecule has 204 valence electrons. The Morgan fingerprint density at radius 3 is 2.08 bits per heavy atom. The normalized spacial score (nSPS) is 16.4. The highest BCUT2D eigenvalue weighted by Gasteiger charge is 2.46. The molecule has 1 aliphatic heterocycles. The molecule has 0 spiro atoms. The largest absolute Gasteiger partial charge is 0.507 e. The van der Waals surface area contributed by atoms with Crippen LogP contribution in [-0.2, 0) is 9.59 Å². The number of amides is 1. The summed E-state index contributed by atoms with van der Waals surface area (Å²) in [5.41, 5.74) is 1.06. The lowest BCUT2D eigenvalue weighted by Gasteiger charge is -2.25. The molecule has 3 aromatic rings. The van der Waals surface area contributed by atoms with E-state index in [0.29, 0.717) is 46.6 Å². The van der Waals surface area contributed by atoms with Gasteiger partial charge in [0.1, 0.15) is 35.4 Å². The molecule has 3 aromatic carbocycles. The van der Waals surface area contributed by atoms with Gasteiger partial charge in [-0.3, -0.25) is 9.59 Å². The van der Waals surface area contributed by atoms with Crippen LogP contribution in [-0.4, -0.2) is 55.7 Å². The number of benzene rings is 3. The number of carbonyl (C=O) groups excluding carboxylic acids is 2. The van der Waals surface area contributed by atoms with Gasteiger partial charge in [-0.05, 0) is 60.0 Å². The summed E-state index contributed by atoms with van der Waals surface area (Å²) >= 11 is 0. The van der Waals surface area contributed by atoms with Crippen LogP contribution in [0.25, 0.3) is 5.76 Å². The van der Waals surface area contributed by atoms with Crippen molar-refractivity contribution >= 4 is 17.4 Å². The number of rotatable bonds is 11. The fourth-order valence-electron chi connectivity index (χ4n) is 4.33. The van der Waals surface area contributed by atoms with Gasteiger partial charge in [0.05, 0.1) is 39.0 Å². The van der Waals surface area contributed by atoms with Gasteiger partial charge >= 0.3 is 0 Å². The quantitative estimate of drug-likeness (QED) is 0.205. The molecule has 1 fully saturated rings. The number of ether oxygens (including phenoxy) is 4. The van der Waals surface area contributed by atoms with Crippen molar-refractivity contribution in [1.82, 2.24) is 4.90 Å². The van der Waals surface area contributed by atoms with Crippen molar-refractivity contribution in [2.45, 2.75) is 19.9 Å². The molecule has 1 saturated heterocycles. The van der Waals surface area contributed by atoms with E-state index in [0.717, 1.165) is 0 Å². The number of likely N-dealkylation sites (tertiary alicyclic amines) is 1. The Bertz CT molecular complexity index is 1330. The number of Topliss-reactive ketones (excluding diaryl/α,β-unsaturated/α-hetero) is 1. The first-order chi connectivity index (χ1) is 18.8. The Labute approximate surface area is 228 Å². The fraction of sp³-hybridized carbons (Fsp3) is 0.290. The second kappa shape index (κ2) is 12.4. The molecule has 1 heterocycles. The molecule has 0 aromatic heterocycles. The number of aliphatic hydroxyl groups is 1. The predicted molar refractivity (Wildman–Crippen MR) is 147 cm³/mol. The van der Waals surface area contributed by atoms with E-state index in [1.165, 1.54) is 4.90 Å². The monoisotopic (exact) mass is 531 g/mol. The molecule has 1 amide bonds. The molecule has 4 rings (SSSR count). The predicted octanol–water partition coefficient (Wildman–Crippen LogP) is 5.24. The third-order valence-corrected chi connectivity index (χ3v) is 6.32. The van der Waals surface area contributed by atoms with E-state index in [9.17, 15) is 14.7 Å². The Balaban J connectivity index is 1.66. The number of hydrogen-bond acceptors (Lipinski definition) is 7. The minimum absolute atomic E-state index is 0.00984. The van der Waals surface area contributed by atoms with E-state index in [2.05, 4.69) is 0 Å².